The van der Waals surface area contributed by atoms with Crippen LogP contribution >= 0.6 is 15.9 Å². The summed E-state index contributed by atoms with van der Waals surface area (Å²) in [6.07, 6.45) is 2.47. The third kappa shape index (κ3) is 2.62. The standard InChI is InChI=1S/C16H17BrN4O2S/c1-11-6-16(19-10-18-11)20-8-13-7-14(9-20)21(13)24(22,23)15-4-2-12(17)3-5-15/h2-6,10,13-14H,7-9H2,1H3. The number of aryl methyl sites for hydroxylation is 1. The molecule has 1 aromatic heterocycles. The van der Waals surface area contributed by atoms with Gasteiger partial charge in [-0.05, 0) is 37.6 Å². The summed E-state index contributed by atoms with van der Waals surface area (Å²) >= 11 is 3.34. The van der Waals surface area contributed by atoms with Crippen LogP contribution in [0.25, 0.3) is 0 Å². The smallest absolute Gasteiger partial charge is 0.243 e. The van der Waals surface area contributed by atoms with Crippen molar-refractivity contribution >= 4 is 31.8 Å². The number of nitrogens with zero attached hydrogens (tertiary/aromatic N) is 4. The highest BCUT2D eigenvalue weighted by Gasteiger charge is 2.51. The van der Waals surface area contributed by atoms with Crippen molar-refractivity contribution in [2.24, 2.45) is 0 Å². The number of piperazine rings is 1. The zero-order valence-electron chi connectivity index (χ0n) is 13.1. The van der Waals surface area contributed by atoms with E-state index in [-0.39, 0.29) is 12.1 Å². The molecule has 2 unspecified atom stereocenters. The molecule has 6 nitrogen and oxygen atoms in total. The van der Waals surface area contributed by atoms with Crippen molar-refractivity contribution in [2.45, 2.75) is 30.3 Å². The molecular weight excluding hydrogens is 392 g/mol. The van der Waals surface area contributed by atoms with E-state index in [1.807, 2.05) is 13.0 Å². The minimum atomic E-state index is -3.44. The number of halogens is 1. The predicted molar refractivity (Wildman–Crippen MR) is 94.3 cm³/mol. The Kier molecular flexibility index (Phi) is 3.85. The summed E-state index contributed by atoms with van der Waals surface area (Å²) in [6.45, 7) is 3.27. The first-order valence-electron chi connectivity index (χ1n) is 7.78. The average Bonchev–Trinajstić information content (AvgIpc) is 2.55. The maximum atomic E-state index is 12.9. The molecule has 5 rings (SSSR count). The van der Waals surface area contributed by atoms with Crippen molar-refractivity contribution < 1.29 is 8.42 Å². The van der Waals surface area contributed by atoms with Gasteiger partial charge < -0.3 is 4.90 Å². The van der Waals surface area contributed by atoms with Crippen LogP contribution in [-0.2, 0) is 10.0 Å². The van der Waals surface area contributed by atoms with Crippen molar-refractivity contribution in [1.29, 1.82) is 0 Å². The van der Waals surface area contributed by atoms with Crippen molar-refractivity contribution in [2.75, 3.05) is 18.0 Å². The first kappa shape index (κ1) is 16.0. The minimum absolute atomic E-state index is 0.00710. The molecule has 126 valence electrons. The third-order valence-electron chi connectivity index (χ3n) is 4.63. The number of piperidine rings is 1. The Hall–Kier alpha value is -1.51. The lowest BCUT2D eigenvalue weighted by Crippen LogP contribution is -2.70. The number of sulfonamides is 1. The lowest BCUT2D eigenvalue weighted by molar-refractivity contribution is 0.0874. The van der Waals surface area contributed by atoms with Crippen LogP contribution in [0.5, 0.6) is 0 Å². The van der Waals surface area contributed by atoms with Gasteiger partial charge in [0.25, 0.3) is 0 Å². The molecule has 3 aliphatic rings. The lowest BCUT2D eigenvalue weighted by atomic mass is 9.91. The lowest BCUT2D eigenvalue weighted by Gasteiger charge is -2.55. The number of fused-ring (bicyclic) bond motifs is 2. The maximum absolute atomic E-state index is 12.9. The van der Waals surface area contributed by atoms with E-state index in [1.165, 1.54) is 0 Å². The first-order chi connectivity index (χ1) is 11.4. The van der Waals surface area contributed by atoms with Gasteiger partial charge in [0.2, 0.25) is 10.0 Å². The fourth-order valence-electron chi connectivity index (χ4n) is 3.50. The fraction of sp³-hybridized carbons (Fsp3) is 0.375. The Morgan fingerprint density at radius 3 is 2.42 bits per heavy atom. The summed E-state index contributed by atoms with van der Waals surface area (Å²) < 4.78 is 28.3. The van der Waals surface area contributed by atoms with E-state index in [0.29, 0.717) is 18.0 Å². The molecule has 1 aromatic carbocycles. The van der Waals surface area contributed by atoms with E-state index in [2.05, 4.69) is 30.8 Å². The van der Waals surface area contributed by atoms with E-state index in [0.717, 1.165) is 22.4 Å². The van der Waals surface area contributed by atoms with Crippen LogP contribution < -0.4 is 4.90 Å². The molecule has 3 saturated heterocycles. The minimum Gasteiger partial charge on any atom is -0.353 e. The summed E-state index contributed by atoms with van der Waals surface area (Å²) in [6, 6.07) is 8.79. The van der Waals surface area contributed by atoms with Crippen LogP contribution in [0.15, 0.2) is 46.0 Å². The molecule has 3 aliphatic heterocycles. The van der Waals surface area contributed by atoms with Crippen LogP contribution in [0.2, 0.25) is 0 Å². The van der Waals surface area contributed by atoms with E-state index in [1.54, 1.807) is 34.9 Å². The number of hydrogen-bond donors (Lipinski definition) is 0. The van der Waals surface area contributed by atoms with Crippen molar-refractivity contribution in [1.82, 2.24) is 14.3 Å². The maximum Gasteiger partial charge on any atom is 0.243 e. The second kappa shape index (κ2) is 5.79. The Morgan fingerprint density at radius 2 is 1.79 bits per heavy atom. The predicted octanol–water partition coefficient (Wildman–Crippen LogP) is 2.20. The zero-order chi connectivity index (χ0) is 16.9. The second-order valence-corrected chi connectivity index (χ2v) is 9.01. The molecule has 24 heavy (non-hydrogen) atoms. The Labute approximate surface area is 149 Å². The number of aromatic nitrogens is 2. The highest BCUT2D eigenvalue weighted by molar-refractivity contribution is 9.10. The summed E-state index contributed by atoms with van der Waals surface area (Å²) in [5.41, 5.74) is 0.915. The second-order valence-electron chi connectivity index (χ2n) is 6.25. The van der Waals surface area contributed by atoms with E-state index >= 15 is 0 Å². The Morgan fingerprint density at radius 1 is 1.12 bits per heavy atom. The van der Waals surface area contributed by atoms with Gasteiger partial charge in [0.15, 0.2) is 0 Å². The van der Waals surface area contributed by atoms with Crippen LogP contribution in [0.4, 0.5) is 5.82 Å². The first-order valence-corrected chi connectivity index (χ1v) is 10.0. The molecule has 4 heterocycles. The van der Waals surface area contributed by atoms with Gasteiger partial charge in [0.1, 0.15) is 12.1 Å². The largest absolute Gasteiger partial charge is 0.353 e. The van der Waals surface area contributed by atoms with Gasteiger partial charge in [0, 0.05) is 41.4 Å². The molecule has 0 spiro atoms. The van der Waals surface area contributed by atoms with Gasteiger partial charge in [-0.15, -0.1) is 0 Å². The SMILES string of the molecule is Cc1cc(N2CC3CC(C2)N3S(=O)(=O)c2ccc(Br)cc2)ncn1. The van der Waals surface area contributed by atoms with Gasteiger partial charge in [-0.3, -0.25) is 0 Å². The van der Waals surface area contributed by atoms with E-state index in [9.17, 15) is 8.42 Å². The highest BCUT2D eigenvalue weighted by Crippen LogP contribution is 2.38. The van der Waals surface area contributed by atoms with E-state index < -0.39 is 10.0 Å². The molecule has 0 saturated carbocycles. The number of rotatable bonds is 3. The van der Waals surface area contributed by atoms with Crippen molar-refractivity contribution in [3.05, 3.63) is 46.8 Å². The molecule has 2 atom stereocenters. The van der Waals surface area contributed by atoms with Crippen molar-refractivity contribution in [3.63, 3.8) is 0 Å². The Bertz CT molecular complexity index is 860. The average molecular weight is 409 g/mol. The molecule has 8 heteroatoms. The number of benzene rings is 1. The topological polar surface area (TPSA) is 66.4 Å². The molecule has 0 N–H and O–H groups in total. The molecule has 0 radical (unpaired) electrons. The molecule has 0 aliphatic carbocycles. The molecule has 3 fully saturated rings. The van der Waals surface area contributed by atoms with Gasteiger partial charge in [-0.1, -0.05) is 15.9 Å². The van der Waals surface area contributed by atoms with Gasteiger partial charge in [-0.2, -0.15) is 4.31 Å². The summed E-state index contributed by atoms with van der Waals surface area (Å²) in [5.74, 6) is 0.873. The third-order valence-corrected chi connectivity index (χ3v) is 7.18. The quantitative estimate of drug-likeness (QED) is 0.778. The normalized spacial score (nSPS) is 23.8. The van der Waals surface area contributed by atoms with Crippen LogP contribution in [0.3, 0.4) is 0 Å². The monoisotopic (exact) mass is 408 g/mol. The van der Waals surface area contributed by atoms with Crippen molar-refractivity contribution in [3.8, 4) is 0 Å². The van der Waals surface area contributed by atoms with Crippen LogP contribution in [0, 0.1) is 6.92 Å². The molecule has 2 aromatic rings. The summed E-state index contributed by atoms with van der Waals surface area (Å²) in [4.78, 5) is 10.9. The van der Waals surface area contributed by atoms with Gasteiger partial charge >= 0.3 is 0 Å². The van der Waals surface area contributed by atoms with E-state index in [4.69, 9.17) is 0 Å². The highest BCUT2D eigenvalue weighted by atomic mass is 79.9. The summed E-state index contributed by atoms with van der Waals surface area (Å²) in [7, 11) is -3.44. The summed E-state index contributed by atoms with van der Waals surface area (Å²) in [5, 5.41) is 0. The zero-order valence-corrected chi connectivity index (χ0v) is 15.5. The number of hydrogen-bond acceptors (Lipinski definition) is 5. The fourth-order valence-corrected chi connectivity index (χ4v) is 5.57. The van der Waals surface area contributed by atoms with Gasteiger partial charge in [-0.25, -0.2) is 18.4 Å². The molecule has 2 bridgehead atoms. The van der Waals surface area contributed by atoms with Crippen LogP contribution in [0.1, 0.15) is 12.1 Å². The Balaban J connectivity index is 1.56. The number of anilines is 1. The molecular formula is C16H17BrN4O2S. The molecule has 0 amide bonds. The van der Waals surface area contributed by atoms with Crippen LogP contribution in [-0.4, -0.2) is 47.9 Å². The van der Waals surface area contributed by atoms with Gasteiger partial charge in [0.05, 0.1) is 4.90 Å².